The SMILES string of the molecule is CC1(N)CCN(c2cnc(Sc3cccc(Cl)c3Cl)c(=O)[nH]2)CC1. The Morgan fingerprint density at radius 1 is 1.33 bits per heavy atom. The van der Waals surface area contributed by atoms with Gasteiger partial charge in [0.2, 0.25) is 0 Å². The molecule has 0 aliphatic carbocycles. The minimum Gasteiger partial charge on any atom is -0.357 e. The predicted molar refractivity (Wildman–Crippen MR) is 99.5 cm³/mol. The molecule has 1 aliphatic heterocycles. The van der Waals surface area contributed by atoms with Crippen molar-refractivity contribution in [2.75, 3.05) is 18.0 Å². The molecule has 0 amide bonds. The van der Waals surface area contributed by atoms with Crippen LogP contribution in [-0.2, 0) is 0 Å². The minimum atomic E-state index is -0.241. The second-order valence-electron chi connectivity index (χ2n) is 6.20. The summed E-state index contributed by atoms with van der Waals surface area (Å²) in [4.78, 5) is 22.3. The Kier molecular flexibility index (Phi) is 5.11. The van der Waals surface area contributed by atoms with Crippen molar-refractivity contribution in [3.05, 3.63) is 44.8 Å². The molecule has 128 valence electrons. The highest BCUT2D eigenvalue weighted by Crippen LogP contribution is 2.35. The maximum Gasteiger partial charge on any atom is 0.282 e. The van der Waals surface area contributed by atoms with Crippen LogP contribution in [0, 0.1) is 0 Å². The maximum atomic E-state index is 12.3. The zero-order valence-electron chi connectivity index (χ0n) is 13.2. The number of anilines is 1. The van der Waals surface area contributed by atoms with E-state index < -0.39 is 0 Å². The quantitative estimate of drug-likeness (QED) is 0.845. The third kappa shape index (κ3) is 3.88. The molecule has 0 radical (unpaired) electrons. The fraction of sp³-hybridized carbons (Fsp3) is 0.375. The van der Waals surface area contributed by atoms with Crippen LogP contribution in [0.15, 0.2) is 39.1 Å². The first kappa shape index (κ1) is 17.6. The van der Waals surface area contributed by atoms with Crippen LogP contribution in [0.4, 0.5) is 5.82 Å². The lowest BCUT2D eigenvalue weighted by molar-refractivity contribution is 0.363. The van der Waals surface area contributed by atoms with Gasteiger partial charge in [-0.3, -0.25) is 4.79 Å². The summed E-state index contributed by atoms with van der Waals surface area (Å²) in [7, 11) is 0. The Morgan fingerprint density at radius 3 is 2.71 bits per heavy atom. The standard InChI is InChI=1S/C16H18Cl2N4OS/c1-16(19)5-7-22(8-6-16)12-9-20-15(14(23)21-12)24-11-4-2-3-10(17)13(11)18/h2-4,9H,5-8,19H2,1H3,(H,21,23). The topological polar surface area (TPSA) is 75.0 Å². The van der Waals surface area contributed by atoms with E-state index in [0.29, 0.717) is 20.0 Å². The van der Waals surface area contributed by atoms with Crippen LogP contribution < -0.4 is 16.2 Å². The Labute approximate surface area is 154 Å². The molecule has 2 heterocycles. The molecule has 5 nitrogen and oxygen atoms in total. The molecule has 2 aromatic rings. The summed E-state index contributed by atoms with van der Waals surface area (Å²) in [6.07, 6.45) is 3.44. The van der Waals surface area contributed by atoms with Crippen molar-refractivity contribution in [2.45, 2.75) is 35.2 Å². The van der Waals surface area contributed by atoms with E-state index in [1.807, 2.05) is 0 Å². The van der Waals surface area contributed by atoms with Crippen molar-refractivity contribution in [2.24, 2.45) is 5.73 Å². The molecule has 3 rings (SSSR count). The van der Waals surface area contributed by atoms with Crippen molar-refractivity contribution < 1.29 is 0 Å². The fourth-order valence-corrected chi connectivity index (χ4v) is 3.82. The molecule has 0 atom stereocenters. The van der Waals surface area contributed by atoms with Crippen molar-refractivity contribution >= 4 is 40.8 Å². The van der Waals surface area contributed by atoms with Gasteiger partial charge in [-0.25, -0.2) is 4.98 Å². The van der Waals surface area contributed by atoms with Gasteiger partial charge in [0.1, 0.15) is 5.82 Å². The number of piperidine rings is 1. The smallest absolute Gasteiger partial charge is 0.282 e. The lowest BCUT2D eigenvalue weighted by Gasteiger charge is -2.37. The van der Waals surface area contributed by atoms with Crippen molar-refractivity contribution in [3.63, 3.8) is 0 Å². The highest BCUT2D eigenvalue weighted by Gasteiger charge is 2.26. The first-order valence-corrected chi connectivity index (χ1v) is 9.18. The molecule has 1 fully saturated rings. The molecule has 1 aromatic heterocycles. The Bertz CT molecular complexity index is 799. The summed E-state index contributed by atoms with van der Waals surface area (Å²) in [5, 5.41) is 1.21. The fourth-order valence-electron chi connectivity index (χ4n) is 2.54. The summed E-state index contributed by atoms with van der Waals surface area (Å²) < 4.78 is 0. The summed E-state index contributed by atoms with van der Waals surface area (Å²) in [6, 6.07) is 5.30. The Morgan fingerprint density at radius 2 is 2.04 bits per heavy atom. The number of aromatic nitrogens is 2. The molecule has 0 bridgehead atoms. The van der Waals surface area contributed by atoms with Gasteiger partial charge in [0, 0.05) is 23.5 Å². The average molecular weight is 385 g/mol. The van der Waals surface area contributed by atoms with Gasteiger partial charge in [-0.1, -0.05) is 41.0 Å². The molecule has 24 heavy (non-hydrogen) atoms. The zero-order valence-corrected chi connectivity index (χ0v) is 15.5. The molecule has 3 N–H and O–H groups in total. The third-order valence-corrected chi connectivity index (χ3v) is 6.08. The predicted octanol–water partition coefficient (Wildman–Crippen LogP) is 3.55. The van der Waals surface area contributed by atoms with Gasteiger partial charge in [0.15, 0.2) is 5.03 Å². The number of hydrogen-bond acceptors (Lipinski definition) is 5. The van der Waals surface area contributed by atoms with E-state index in [1.54, 1.807) is 24.4 Å². The van der Waals surface area contributed by atoms with Crippen molar-refractivity contribution in [1.29, 1.82) is 0 Å². The van der Waals surface area contributed by atoms with Crippen molar-refractivity contribution in [3.8, 4) is 0 Å². The number of aromatic amines is 1. The molecule has 1 saturated heterocycles. The highest BCUT2D eigenvalue weighted by molar-refractivity contribution is 7.99. The zero-order chi connectivity index (χ0) is 17.3. The van der Waals surface area contributed by atoms with Gasteiger partial charge in [0.05, 0.1) is 16.2 Å². The second-order valence-corrected chi connectivity index (χ2v) is 8.01. The van der Waals surface area contributed by atoms with Crippen LogP contribution in [-0.4, -0.2) is 28.6 Å². The number of halogens is 2. The number of hydrogen-bond donors (Lipinski definition) is 2. The molecule has 1 aromatic carbocycles. The number of nitrogens with zero attached hydrogens (tertiary/aromatic N) is 2. The maximum absolute atomic E-state index is 12.3. The van der Waals surface area contributed by atoms with Crippen molar-refractivity contribution in [1.82, 2.24) is 9.97 Å². The molecule has 0 spiro atoms. The van der Waals surface area contributed by atoms with E-state index in [0.717, 1.165) is 31.7 Å². The normalized spacial score (nSPS) is 17.1. The van der Waals surface area contributed by atoms with Gasteiger partial charge in [-0.15, -0.1) is 0 Å². The Balaban J connectivity index is 1.78. The number of rotatable bonds is 3. The third-order valence-electron chi connectivity index (χ3n) is 4.11. The van der Waals surface area contributed by atoms with E-state index in [1.165, 1.54) is 11.8 Å². The molecule has 8 heteroatoms. The first-order valence-electron chi connectivity index (χ1n) is 7.61. The lowest BCUT2D eigenvalue weighted by Crippen LogP contribution is -2.48. The van der Waals surface area contributed by atoms with E-state index >= 15 is 0 Å². The first-order chi connectivity index (χ1) is 11.4. The van der Waals surface area contributed by atoms with Crippen LogP contribution in [0.2, 0.25) is 10.0 Å². The number of benzene rings is 1. The van der Waals surface area contributed by atoms with Gasteiger partial charge in [-0.05, 0) is 31.9 Å². The second kappa shape index (κ2) is 6.96. The van der Waals surface area contributed by atoms with Crippen LogP contribution >= 0.6 is 35.0 Å². The van der Waals surface area contributed by atoms with Crippen LogP contribution in [0.3, 0.4) is 0 Å². The highest BCUT2D eigenvalue weighted by atomic mass is 35.5. The summed E-state index contributed by atoms with van der Waals surface area (Å²) in [5.41, 5.74) is 5.77. The molecule has 1 aliphatic rings. The van der Waals surface area contributed by atoms with E-state index in [9.17, 15) is 4.79 Å². The molecule has 0 unspecified atom stereocenters. The number of nitrogens with two attached hydrogens (primary N) is 1. The summed E-state index contributed by atoms with van der Waals surface area (Å²) in [6.45, 7) is 3.66. The lowest BCUT2D eigenvalue weighted by atomic mass is 9.91. The largest absolute Gasteiger partial charge is 0.357 e. The van der Waals surface area contributed by atoms with E-state index in [-0.39, 0.29) is 11.1 Å². The summed E-state index contributed by atoms with van der Waals surface area (Å²) >= 11 is 13.4. The van der Waals surface area contributed by atoms with Crippen LogP contribution in [0.25, 0.3) is 0 Å². The number of H-pyrrole nitrogens is 1. The van der Waals surface area contributed by atoms with Gasteiger partial charge in [0.25, 0.3) is 5.56 Å². The van der Waals surface area contributed by atoms with E-state index in [2.05, 4.69) is 21.8 Å². The minimum absolute atomic E-state index is 0.136. The van der Waals surface area contributed by atoms with Gasteiger partial charge < -0.3 is 15.6 Å². The number of nitrogens with one attached hydrogen (secondary N) is 1. The molecular weight excluding hydrogens is 367 g/mol. The van der Waals surface area contributed by atoms with Gasteiger partial charge in [-0.2, -0.15) is 0 Å². The van der Waals surface area contributed by atoms with E-state index in [4.69, 9.17) is 28.9 Å². The molecule has 0 saturated carbocycles. The summed E-state index contributed by atoms with van der Waals surface area (Å²) in [5.74, 6) is 0.719. The average Bonchev–Trinajstić information content (AvgIpc) is 2.53. The van der Waals surface area contributed by atoms with Crippen LogP contribution in [0.1, 0.15) is 19.8 Å². The molecular formula is C16H18Cl2N4OS. The Hall–Kier alpha value is -1.21. The van der Waals surface area contributed by atoms with Crippen LogP contribution in [0.5, 0.6) is 0 Å². The van der Waals surface area contributed by atoms with Gasteiger partial charge >= 0.3 is 0 Å². The monoisotopic (exact) mass is 384 g/mol.